The Hall–Kier alpha value is -4.07. The van der Waals surface area contributed by atoms with Crippen LogP contribution in [-0.4, -0.2) is 33.6 Å². The van der Waals surface area contributed by atoms with Gasteiger partial charge in [0.25, 0.3) is 11.8 Å². The van der Waals surface area contributed by atoms with Gasteiger partial charge in [-0.1, -0.05) is 24.3 Å². The zero-order valence-electron chi connectivity index (χ0n) is 14.6. The number of carbonyl (C=O) groups excluding carboxylic acids is 2. The van der Waals surface area contributed by atoms with Gasteiger partial charge in [-0.2, -0.15) is 0 Å². The number of nitrogens with one attached hydrogen (secondary N) is 2. The molecule has 0 bridgehead atoms. The average molecular weight is 379 g/mol. The summed E-state index contributed by atoms with van der Waals surface area (Å²) in [7, 11) is 0. The first-order valence-electron chi connectivity index (χ1n) is 8.28. The monoisotopic (exact) mass is 379 g/mol. The van der Waals surface area contributed by atoms with Crippen molar-refractivity contribution in [1.82, 2.24) is 15.8 Å². The van der Waals surface area contributed by atoms with Gasteiger partial charge in [0.2, 0.25) is 0 Å². The summed E-state index contributed by atoms with van der Waals surface area (Å²) in [5, 5.41) is 19.5. The maximum absolute atomic E-state index is 11.9. The predicted octanol–water partition coefficient (Wildman–Crippen LogP) is 1.89. The van der Waals surface area contributed by atoms with Gasteiger partial charge in [0.1, 0.15) is 11.3 Å². The smallest absolute Gasteiger partial charge is 0.276 e. The molecule has 142 valence electrons. The number of para-hydroxylation sites is 1. The molecule has 0 aliphatic heterocycles. The Balaban J connectivity index is 1.49. The van der Waals surface area contributed by atoms with E-state index < -0.39 is 11.8 Å². The molecule has 0 radical (unpaired) electrons. The Morgan fingerprint density at radius 2 is 1.86 bits per heavy atom. The fourth-order valence-electron chi connectivity index (χ4n) is 2.36. The maximum Gasteiger partial charge on any atom is 0.276 e. The molecule has 8 heteroatoms. The number of nitrogens with zero attached hydrogens (tertiary/aromatic N) is 1. The van der Waals surface area contributed by atoms with Gasteiger partial charge in [0.15, 0.2) is 18.1 Å². The molecule has 1 heterocycles. The van der Waals surface area contributed by atoms with Crippen LogP contribution in [0.3, 0.4) is 0 Å². The molecule has 0 atom stereocenters. The van der Waals surface area contributed by atoms with Gasteiger partial charge in [0.05, 0.1) is 0 Å². The molecule has 0 saturated carbocycles. The Labute approximate surface area is 160 Å². The molecule has 1 aromatic heterocycles. The van der Waals surface area contributed by atoms with Crippen molar-refractivity contribution in [3.8, 4) is 17.2 Å². The third-order valence-corrected chi connectivity index (χ3v) is 3.71. The first-order valence-corrected chi connectivity index (χ1v) is 8.28. The van der Waals surface area contributed by atoms with Crippen LogP contribution >= 0.6 is 0 Å². The molecular formula is C20H17N3O5. The van der Waals surface area contributed by atoms with Crippen LogP contribution in [0.2, 0.25) is 0 Å². The Bertz CT molecular complexity index is 1040. The Kier molecular flexibility index (Phi) is 5.71. The standard InChI is InChI=1S/C20H17N3O5/c24-15-8-6-13(11-16(15)25)7-9-18(26)22-23-19(27)12-28-17-5-1-3-14-4-2-10-21-20(14)17/h1-11,24-25H,12H2,(H,22,26)(H,23,27)/b9-7+. The molecule has 28 heavy (non-hydrogen) atoms. The molecule has 0 aliphatic carbocycles. The quantitative estimate of drug-likeness (QED) is 0.305. The van der Waals surface area contributed by atoms with Crippen molar-refractivity contribution >= 4 is 28.8 Å². The number of phenolic OH excluding ortho intramolecular Hbond substituents is 2. The molecule has 8 nitrogen and oxygen atoms in total. The van der Waals surface area contributed by atoms with Gasteiger partial charge in [-0.05, 0) is 35.9 Å². The van der Waals surface area contributed by atoms with E-state index in [0.717, 1.165) is 5.39 Å². The fraction of sp³-hybridized carbons (Fsp3) is 0.0500. The minimum atomic E-state index is -0.576. The number of carbonyl (C=O) groups is 2. The van der Waals surface area contributed by atoms with Crippen molar-refractivity contribution in [3.63, 3.8) is 0 Å². The summed E-state index contributed by atoms with van der Waals surface area (Å²) in [4.78, 5) is 27.8. The zero-order chi connectivity index (χ0) is 19.9. The zero-order valence-corrected chi connectivity index (χ0v) is 14.6. The summed E-state index contributed by atoms with van der Waals surface area (Å²) >= 11 is 0. The number of aromatic nitrogens is 1. The van der Waals surface area contributed by atoms with Crippen LogP contribution in [0.25, 0.3) is 17.0 Å². The third-order valence-electron chi connectivity index (χ3n) is 3.71. The number of amides is 2. The van der Waals surface area contributed by atoms with E-state index in [2.05, 4.69) is 15.8 Å². The summed E-state index contributed by atoms with van der Waals surface area (Å²) in [6.07, 6.45) is 4.22. The third kappa shape index (κ3) is 4.76. The van der Waals surface area contributed by atoms with E-state index in [0.29, 0.717) is 16.8 Å². The van der Waals surface area contributed by atoms with Gasteiger partial charge in [0, 0.05) is 17.7 Å². The van der Waals surface area contributed by atoms with E-state index in [1.165, 1.54) is 30.4 Å². The van der Waals surface area contributed by atoms with Crippen molar-refractivity contribution in [2.45, 2.75) is 0 Å². The van der Waals surface area contributed by atoms with Gasteiger partial charge >= 0.3 is 0 Å². The SMILES string of the molecule is O=C(/C=C/c1ccc(O)c(O)c1)NNC(=O)COc1cccc2cccnc12. The topological polar surface area (TPSA) is 121 Å². The number of benzene rings is 2. The number of fused-ring (bicyclic) bond motifs is 1. The Morgan fingerprint density at radius 3 is 2.68 bits per heavy atom. The second-order valence-electron chi connectivity index (χ2n) is 5.74. The number of hydrazine groups is 1. The lowest BCUT2D eigenvalue weighted by Crippen LogP contribution is -2.43. The second-order valence-corrected chi connectivity index (χ2v) is 5.74. The molecule has 0 aliphatic rings. The maximum atomic E-state index is 11.9. The second kappa shape index (κ2) is 8.54. The highest BCUT2D eigenvalue weighted by atomic mass is 16.5. The van der Waals surface area contributed by atoms with Crippen molar-refractivity contribution in [2.24, 2.45) is 0 Å². The number of ether oxygens (including phenoxy) is 1. The number of hydrogen-bond donors (Lipinski definition) is 4. The van der Waals surface area contributed by atoms with E-state index in [1.54, 1.807) is 24.4 Å². The highest BCUT2D eigenvalue weighted by Gasteiger charge is 2.07. The van der Waals surface area contributed by atoms with Crippen LogP contribution in [0, 0.1) is 0 Å². The van der Waals surface area contributed by atoms with Crippen molar-refractivity contribution in [1.29, 1.82) is 0 Å². The lowest BCUT2D eigenvalue weighted by molar-refractivity contribution is -0.128. The summed E-state index contributed by atoms with van der Waals surface area (Å²) in [6.45, 7) is -0.300. The Morgan fingerprint density at radius 1 is 1.04 bits per heavy atom. The first-order chi connectivity index (χ1) is 13.5. The molecule has 2 aromatic carbocycles. The number of pyridine rings is 1. The lowest BCUT2D eigenvalue weighted by atomic mass is 10.2. The van der Waals surface area contributed by atoms with Crippen molar-refractivity contribution in [3.05, 3.63) is 66.4 Å². The largest absolute Gasteiger partial charge is 0.504 e. The number of rotatable bonds is 5. The van der Waals surface area contributed by atoms with Gasteiger partial charge < -0.3 is 14.9 Å². The van der Waals surface area contributed by atoms with Crippen LogP contribution in [0.1, 0.15) is 5.56 Å². The van der Waals surface area contributed by atoms with Gasteiger partial charge in [-0.3, -0.25) is 25.4 Å². The van der Waals surface area contributed by atoms with Gasteiger partial charge in [-0.25, -0.2) is 0 Å². The summed E-state index contributed by atoms with van der Waals surface area (Å²) in [5.41, 5.74) is 5.60. The van der Waals surface area contributed by atoms with E-state index in [1.807, 2.05) is 12.1 Å². The normalized spacial score (nSPS) is 10.7. The van der Waals surface area contributed by atoms with Crippen LogP contribution < -0.4 is 15.6 Å². The number of phenols is 2. The molecule has 3 rings (SSSR count). The predicted molar refractivity (Wildman–Crippen MR) is 102 cm³/mol. The van der Waals surface area contributed by atoms with Crippen LogP contribution in [-0.2, 0) is 9.59 Å². The highest BCUT2D eigenvalue weighted by molar-refractivity contribution is 5.93. The van der Waals surface area contributed by atoms with Crippen molar-refractivity contribution < 1.29 is 24.5 Å². The minimum absolute atomic E-state index is 0.254. The summed E-state index contributed by atoms with van der Waals surface area (Å²) < 4.78 is 5.47. The first kappa shape index (κ1) is 18.7. The molecule has 2 amide bonds. The average Bonchev–Trinajstić information content (AvgIpc) is 2.71. The van der Waals surface area contributed by atoms with E-state index in [4.69, 9.17) is 4.74 Å². The van der Waals surface area contributed by atoms with Crippen LogP contribution in [0.4, 0.5) is 0 Å². The summed E-state index contributed by atoms with van der Waals surface area (Å²) in [6, 6.07) is 13.2. The molecule has 0 unspecified atom stereocenters. The summed E-state index contributed by atoms with van der Waals surface area (Å²) in [5.74, 6) is -1.21. The molecule has 0 spiro atoms. The minimum Gasteiger partial charge on any atom is -0.504 e. The highest BCUT2D eigenvalue weighted by Crippen LogP contribution is 2.25. The molecule has 0 saturated heterocycles. The molecule has 3 aromatic rings. The lowest BCUT2D eigenvalue weighted by Gasteiger charge is -2.09. The van der Waals surface area contributed by atoms with E-state index >= 15 is 0 Å². The van der Waals surface area contributed by atoms with Crippen LogP contribution in [0.5, 0.6) is 17.2 Å². The van der Waals surface area contributed by atoms with Crippen molar-refractivity contribution in [2.75, 3.05) is 6.61 Å². The molecule has 4 N–H and O–H groups in total. The van der Waals surface area contributed by atoms with Crippen LogP contribution in [0.15, 0.2) is 60.8 Å². The number of hydrogen-bond acceptors (Lipinski definition) is 6. The molecular weight excluding hydrogens is 362 g/mol. The fourth-order valence-corrected chi connectivity index (χ4v) is 2.36. The number of aromatic hydroxyl groups is 2. The van der Waals surface area contributed by atoms with E-state index in [-0.39, 0.29) is 18.1 Å². The van der Waals surface area contributed by atoms with Gasteiger partial charge in [-0.15, -0.1) is 0 Å². The van der Waals surface area contributed by atoms with E-state index in [9.17, 15) is 19.8 Å². The molecule has 0 fully saturated rings.